The summed E-state index contributed by atoms with van der Waals surface area (Å²) in [6, 6.07) is 5.59. The molecule has 0 spiro atoms. The quantitative estimate of drug-likeness (QED) is 0.810. The molecule has 1 aliphatic carbocycles. The van der Waals surface area contributed by atoms with E-state index in [0.717, 1.165) is 11.1 Å². The molecular formula is C13H16ClF2N. The van der Waals surface area contributed by atoms with Crippen molar-refractivity contribution < 1.29 is 8.78 Å². The summed E-state index contributed by atoms with van der Waals surface area (Å²) in [7, 11) is 0. The Labute approximate surface area is 105 Å². The van der Waals surface area contributed by atoms with E-state index in [-0.39, 0.29) is 25.7 Å². The van der Waals surface area contributed by atoms with Gasteiger partial charge in [0.15, 0.2) is 0 Å². The molecule has 1 nitrogen and oxygen atoms in total. The molecule has 1 aromatic carbocycles. The molecule has 0 heterocycles. The van der Waals surface area contributed by atoms with E-state index in [1.54, 1.807) is 6.07 Å². The molecule has 4 heteroatoms. The predicted molar refractivity (Wildman–Crippen MR) is 65.5 cm³/mol. The van der Waals surface area contributed by atoms with Crippen LogP contribution in [0.15, 0.2) is 18.2 Å². The van der Waals surface area contributed by atoms with Crippen LogP contribution >= 0.6 is 11.6 Å². The minimum absolute atomic E-state index is 0.159. The minimum Gasteiger partial charge on any atom is -0.321 e. The van der Waals surface area contributed by atoms with Gasteiger partial charge in [-0.15, -0.1) is 0 Å². The van der Waals surface area contributed by atoms with Crippen molar-refractivity contribution in [2.75, 3.05) is 0 Å². The van der Waals surface area contributed by atoms with Crippen LogP contribution in [0.1, 0.15) is 36.8 Å². The number of halogens is 3. The Morgan fingerprint density at radius 3 is 2.35 bits per heavy atom. The molecule has 17 heavy (non-hydrogen) atoms. The molecule has 1 aliphatic rings. The Hall–Kier alpha value is -0.670. The van der Waals surface area contributed by atoms with Crippen LogP contribution in [0.4, 0.5) is 8.78 Å². The molecule has 0 unspecified atom stereocenters. The maximum absolute atomic E-state index is 13.2. The van der Waals surface area contributed by atoms with Crippen molar-refractivity contribution in [2.24, 2.45) is 5.73 Å². The fourth-order valence-corrected chi connectivity index (χ4v) is 2.66. The van der Waals surface area contributed by atoms with E-state index in [1.165, 1.54) is 0 Å². The Kier molecular flexibility index (Phi) is 3.17. The van der Waals surface area contributed by atoms with Crippen LogP contribution in [0.3, 0.4) is 0 Å². The maximum atomic E-state index is 13.2. The Morgan fingerprint density at radius 2 is 1.76 bits per heavy atom. The summed E-state index contributed by atoms with van der Waals surface area (Å²) in [5.41, 5.74) is 7.40. The van der Waals surface area contributed by atoms with Crippen LogP contribution in [-0.2, 0) is 5.54 Å². The van der Waals surface area contributed by atoms with E-state index in [2.05, 4.69) is 0 Å². The van der Waals surface area contributed by atoms with Crippen molar-refractivity contribution in [3.63, 3.8) is 0 Å². The van der Waals surface area contributed by atoms with E-state index in [1.807, 2.05) is 19.1 Å². The average Bonchev–Trinajstić information content (AvgIpc) is 2.26. The van der Waals surface area contributed by atoms with E-state index in [4.69, 9.17) is 17.3 Å². The lowest BCUT2D eigenvalue weighted by molar-refractivity contribution is -0.0514. The van der Waals surface area contributed by atoms with Gasteiger partial charge < -0.3 is 5.73 Å². The van der Waals surface area contributed by atoms with Gasteiger partial charge in [0.05, 0.1) is 0 Å². The molecule has 1 saturated carbocycles. The lowest BCUT2D eigenvalue weighted by Gasteiger charge is -2.38. The molecule has 0 aliphatic heterocycles. The van der Waals surface area contributed by atoms with Gasteiger partial charge in [-0.25, -0.2) is 8.78 Å². The third-order valence-corrected chi connectivity index (χ3v) is 3.86. The molecule has 0 amide bonds. The minimum atomic E-state index is -2.57. The number of benzene rings is 1. The first-order chi connectivity index (χ1) is 7.82. The normalized spacial score (nSPS) is 22.4. The summed E-state index contributed by atoms with van der Waals surface area (Å²) in [5, 5.41) is 0.573. The summed E-state index contributed by atoms with van der Waals surface area (Å²) < 4.78 is 26.3. The standard InChI is InChI=1S/C13H16ClF2N/c1-9-2-3-11(14)10(8-9)12(17)4-6-13(15,16)7-5-12/h2-3,8H,4-7,17H2,1H3. The highest BCUT2D eigenvalue weighted by atomic mass is 35.5. The van der Waals surface area contributed by atoms with Crippen molar-refractivity contribution in [1.82, 2.24) is 0 Å². The fraction of sp³-hybridized carbons (Fsp3) is 0.538. The molecule has 0 saturated heterocycles. The smallest absolute Gasteiger partial charge is 0.248 e. The van der Waals surface area contributed by atoms with E-state index in [0.29, 0.717) is 5.02 Å². The van der Waals surface area contributed by atoms with E-state index < -0.39 is 11.5 Å². The zero-order chi connectivity index (χ0) is 12.7. The third-order valence-electron chi connectivity index (χ3n) is 3.53. The van der Waals surface area contributed by atoms with Crippen molar-refractivity contribution in [3.05, 3.63) is 34.3 Å². The average molecular weight is 260 g/mol. The molecule has 0 radical (unpaired) electrons. The first kappa shape index (κ1) is 12.8. The molecule has 0 aromatic heterocycles. The van der Waals surface area contributed by atoms with Crippen LogP contribution < -0.4 is 5.73 Å². The Balaban J connectivity index is 2.30. The number of rotatable bonds is 1. The van der Waals surface area contributed by atoms with E-state index >= 15 is 0 Å². The Morgan fingerprint density at radius 1 is 1.18 bits per heavy atom. The largest absolute Gasteiger partial charge is 0.321 e. The summed E-state index contributed by atoms with van der Waals surface area (Å²) in [6.45, 7) is 1.95. The zero-order valence-electron chi connectivity index (χ0n) is 9.77. The summed E-state index contributed by atoms with van der Waals surface area (Å²) in [4.78, 5) is 0. The monoisotopic (exact) mass is 259 g/mol. The predicted octanol–water partition coefficient (Wildman–Crippen LogP) is 4.01. The fourth-order valence-electron chi connectivity index (χ4n) is 2.35. The summed E-state index contributed by atoms with van der Waals surface area (Å²) in [6.07, 6.45) is 0.244. The van der Waals surface area contributed by atoms with Gasteiger partial charge >= 0.3 is 0 Å². The number of nitrogens with two attached hydrogens (primary N) is 1. The van der Waals surface area contributed by atoms with Crippen molar-refractivity contribution >= 4 is 11.6 Å². The molecule has 1 aromatic rings. The number of aryl methyl sites for hydroxylation is 1. The highest BCUT2D eigenvalue weighted by Gasteiger charge is 2.42. The molecular weight excluding hydrogens is 244 g/mol. The molecule has 2 rings (SSSR count). The highest BCUT2D eigenvalue weighted by Crippen LogP contribution is 2.44. The van der Waals surface area contributed by atoms with Gasteiger partial charge in [0.2, 0.25) is 5.92 Å². The van der Waals surface area contributed by atoms with Crippen molar-refractivity contribution in [2.45, 2.75) is 44.1 Å². The molecule has 0 bridgehead atoms. The van der Waals surface area contributed by atoms with Crippen molar-refractivity contribution in [3.8, 4) is 0 Å². The highest BCUT2D eigenvalue weighted by molar-refractivity contribution is 6.31. The van der Waals surface area contributed by atoms with E-state index in [9.17, 15) is 8.78 Å². The van der Waals surface area contributed by atoms with Crippen molar-refractivity contribution in [1.29, 1.82) is 0 Å². The van der Waals surface area contributed by atoms with Gasteiger partial charge in [0, 0.05) is 23.4 Å². The van der Waals surface area contributed by atoms with Gasteiger partial charge in [-0.05, 0) is 31.4 Å². The Bertz CT molecular complexity index is 421. The summed E-state index contributed by atoms with van der Waals surface area (Å²) >= 11 is 6.12. The first-order valence-electron chi connectivity index (χ1n) is 5.76. The van der Waals surface area contributed by atoms with Crippen LogP contribution in [0.2, 0.25) is 5.02 Å². The van der Waals surface area contributed by atoms with Gasteiger partial charge in [-0.3, -0.25) is 0 Å². The lowest BCUT2D eigenvalue weighted by atomic mass is 9.76. The lowest BCUT2D eigenvalue weighted by Crippen LogP contribution is -2.43. The third kappa shape index (κ3) is 2.61. The van der Waals surface area contributed by atoms with Crippen LogP contribution in [-0.4, -0.2) is 5.92 Å². The molecule has 94 valence electrons. The SMILES string of the molecule is Cc1ccc(Cl)c(C2(N)CCC(F)(F)CC2)c1. The first-order valence-corrected chi connectivity index (χ1v) is 6.14. The van der Waals surface area contributed by atoms with Crippen LogP contribution in [0.5, 0.6) is 0 Å². The number of alkyl halides is 2. The number of hydrogen-bond acceptors (Lipinski definition) is 1. The molecule has 2 N–H and O–H groups in total. The maximum Gasteiger partial charge on any atom is 0.248 e. The molecule has 0 atom stereocenters. The van der Waals surface area contributed by atoms with Gasteiger partial charge in [-0.2, -0.15) is 0 Å². The van der Waals surface area contributed by atoms with Gasteiger partial charge in [-0.1, -0.05) is 29.3 Å². The number of hydrogen-bond donors (Lipinski definition) is 1. The van der Waals surface area contributed by atoms with Gasteiger partial charge in [0.1, 0.15) is 0 Å². The molecule has 1 fully saturated rings. The van der Waals surface area contributed by atoms with Crippen LogP contribution in [0, 0.1) is 6.92 Å². The second-order valence-corrected chi connectivity index (χ2v) is 5.40. The topological polar surface area (TPSA) is 26.0 Å². The zero-order valence-corrected chi connectivity index (χ0v) is 10.5. The van der Waals surface area contributed by atoms with Gasteiger partial charge in [0.25, 0.3) is 0 Å². The second kappa shape index (κ2) is 4.21. The second-order valence-electron chi connectivity index (χ2n) is 5.00. The van der Waals surface area contributed by atoms with Crippen LogP contribution in [0.25, 0.3) is 0 Å². The summed E-state index contributed by atoms with van der Waals surface area (Å²) in [5.74, 6) is -2.57.